The molecule has 0 aromatic heterocycles. The monoisotopic (exact) mass is 222 g/mol. The maximum Gasteiger partial charge on any atom is 0.333 e. The normalized spacial score (nSPS) is 10.7. The molecular formula is C2HCl4F3. The third kappa shape index (κ3) is 479. The minimum Gasteiger partial charge on any atom is -0.192 e. The number of rotatable bonds is 0. The van der Waals surface area contributed by atoms with Gasteiger partial charge in [-0.3, -0.25) is 0 Å². The largest absolute Gasteiger partial charge is 0.333 e. The quantitative estimate of drug-likeness (QED) is 0.549. The van der Waals surface area contributed by atoms with Gasteiger partial charge in [-0.2, -0.15) is 13.2 Å². The molecule has 0 unspecified atom stereocenters. The Kier molecular flexibility index (Phi) is 8.01. The average molecular weight is 224 g/mol. The van der Waals surface area contributed by atoms with Crippen molar-refractivity contribution < 1.29 is 13.2 Å². The van der Waals surface area contributed by atoms with Crippen LogP contribution in [0.3, 0.4) is 0 Å². The molecule has 0 aliphatic carbocycles. The molecule has 0 amide bonds. The lowest BCUT2D eigenvalue weighted by Gasteiger charge is -1.89. The van der Waals surface area contributed by atoms with Gasteiger partial charge in [0, 0.05) is 0 Å². The minimum atomic E-state index is -2.69. The fourth-order valence-electron chi connectivity index (χ4n) is 0. The van der Waals surface area contributed by atoms with Gasteiger partial charge in [-0.05, 0) is 34.8 Å². The predicted octanol–water partition coefficient (Wildman–Crippen LogP) is 3.73. The zero-order valence-corrected chi connectivity index (χ0v) is 6.75. The third-order valence-electron chi connectivity index (χ3n) is 0. The Labute approximate surface area is 69.8 Å². The molecule has 58 valence electrons. The molecule has 0 aliphatic heterocycles. The first-order valence-corrected chi connectivity index (χ1v) is 2.98. The lowest BCUT2D eigenvalue weighted by molar-refractivity contribution is 0.243. The summed E-state index contributed by atoms with van der Waals surface area (Å²) in [6.45, 7) is 0. The Balaban J connectivity index is 0. The highest BCUT2D eigenvalue weighted by atomic mass is 35.6. The summed E-state index contributed by atoms with van der Waals surface area (Å²) in [4.78, 5) is 0. The van der Waals surface area contributed by atoms with Crippen LogP contribution in [0.2, 0.25) is 0 Å². The van der Waals surface area contributed by atoms with E-state index in [1.807, 2.05) is 0 Å². The van der Waals surface area contributed by atoms with Crippen molar-refractivity contribution in [3.63, 3.8) is 0 Å². The average Bonchev–Trinajstić information content (AvgIpc) is 1.19. The molecule has 0 aromatic rings. The molecule has 0 bridgehead atoms. The molecule has 0 spiro atoms. The minimum absolute atomic E-state index is 2.58. The maximum atomic E-state index is 11.0. The Morgan fingerprint density at radius 1 is 1.11 bits per heavy atom. The van der Waals surface area contributed by atoms with Crippen molar-refractivity contribution in [1.82, 2.24) is 0 Å². The highest BCUT2D eigenvalue weighted by Crippen LogP contribution is 2.26. The highest BCUT2D eigenvalue weighted by Gasteiger charge is 2.14. The lowest BCUT2D eigenvalue weighted by atomic mass is 11.7. The molecule has 0 saturated carbocycles. The van der Waals surface area contributed by atoms with E-state index < -0.39 is 9.93 Å². The zero-order valence-electron chi connectivity index (χ0n) is 3.72. The van der Waals surface area contributed by atoms with Crippen molar-refractivity contribution >= 4 is 46.4 Å². The Morgan fingerprint density at radius 2 is 1.11 bits per heavy atom. The van der Waals surface area contributed by atoms with E-state index in [1.54, 1.807) is 0 Å². The fraction of sp³-hybridized carbons (Fsp3) is 1.00. The van der Waals surface area contributed by atoms with Crippen LogP contribution in [0.4, 0.5) is 13.2 Å². The summed E-state index contributed by atoms with van der Waals surface area (Å²) in [6.07, 6.45) is 0. The van der Waals surface area contributed by atoms with Gasteiger partial charge < -0.3 is 0 Å². The SMILES string of the molecule is FC(Cl)(Cl)Cl.FC(F)Cl. The smallest absolute Gasteiger partial charge is 0.192 e. The molecular weight excluding hydrogens is 223 g/mol. The van der Waals surface area contributed by atoms with E-state index in [1.165, 1.54) is 0 Å². The van der Waals surface area contributed by atoms with E-state index in [-0.39, 0.29) is 0 Å². The van der Waals surface area contributed by atoms with Crippen LogP contribution in [0.25, 0.3) is 0 Å². The number of halogens is 7. The zero-order chi connectivity index (χ0) is 8.08. The van der Waals surface area contributed by atoms with E-state index in [4.69, 9.17) is 0 Å². The van der Waals surface area contributed by atoms with Crippen LogP contribution >= 0.6 is 46.4 Å². The first-order valence-electron chi connectivity index (χ1n) is 1.41. The summed E-state index contributed by atoms with van der Waals surface area (Å²) < 4.78 is 28.6. The summed E-state index contributed by atoms with van der Waals surface area (Å²) in [7, 11) is 0. The van der Waals surface area contributed by atoms with Crippen molar-refractivity contribution in [2.75, 3.05) is 0 Å². The van der Waals surface area contributed by atoms with E-state index in [9.17, 15) is 13.2 Å². The van der Waals surface area contributed by atoms with Crippen molar-refractivity contribution in [2.45, 2.75) is 9.93 Å². The number of alkyl halides is 7. The van der Waals surface area contributed by atoms with E-state index in [0.29, 0.717) is 0 Å². The fourth-order valence-corrected chi connectivity index (χ4v) is 0. The summed E-state index contributed by atoms with van der Waals surface area (Å²) >= 11 is 17.1. The second kappa shape index (κ2) is 5.71. The molecule has 0 N–H and O–H groups in total. The van der Waals surface area contributed by atoms with Gasteiger partial charge in [0.25, 0.3) is 0 Å². The molecule has 0 nitrogen and oxygen atoms in total. The maximum absolute atomic E-state index is 11.0. The van der Waals surface area contributed by atoms with Crippen LogP contribution in [-0.2, 0) is 0 Å². The lowest BCUT2D eigenvalue weighted by Crippen LogP contribution is -1.83. The van der Waals surface area contributed by atoms with Crippen LogP contribution in [0.15, 0.2) is 0 Å². The van der Waals surface area contributed by atoms with Crippen molar-refractivity contribution in [2.24, 2.45) is 0 Å². The van der Waals surface area contributed by atoms with Gasteiger partial charge in [0.15, 0.2) is 0 Å². The van der Waals surface area contributed by atoms with Crippen LogP contribution < -0.4 is 0 Å². The molecule has 7 heteroatoms. The Bertz CT molecular complexity index is 50.6. The van der Waals surface area contributed by atoms with Crippen molar-refractivity contribution in [3.05, 3.63) is 0 Å². The first-order chi connectivity index (χ1) is 3.73. The van der Waals surface area contributed by atoms with Gasteiger partial charge in [-0.25, -0.2) is 0 Å². The molecule has 0 saturated heterocycles. The van der Waals surface area contributed by atoms with Gasteiger partial charge in [0.05, 0.1) is 0 Å². The van der Waals surface area contributed by atoms with Crippen LogP contribution in [0.5, 0.6) is 0 Å². The van der Waals surface area contributed by atoms with Gasteiger partial charge in [0.1, 0.15) is 0 Å². The summed E-state index contributed by atoms with van der Waals surface area (Å²) in [5.74, 6) is -2.69. The molecule has 9 heavy (non-hydrogen) atoms. The highest BCUT2D eigenvalue weighted by molar-refractivity contribution is 6.66. The van der Waals surface area contributed by atoms with Gasteiger partial charge in [-0.15, -0.1) is 0 Å². The van der Waals surface area contributed by atoms with E-state index in [0.717, 1.165) is 0 Å². The predicted molar refractivity (Wildman–Crippen MR) is 33.3 cm³/mol. The van der Waals surface area contributed by atoms with Crippen molar-refractivity contribution in [3.8, 4) is 0 Å². The molecule has 0 aliphatic rings. The molecule has 0 fully saturated rings. The molecule has 0 heterocycles. The van der Waals surface area contributed by atoms with Gasteiger partial charge in [-0.1, -0.05) is 11.6 Å². The van der Waals surface area contributed by atoms with Gasteiger partial charge >= 0.3 is 9.93 Å². The van der Waals surface area contributed by atoms with Crippen molar-refractivity contribution in [1.29, 1.82) is 0 Å². The molecule has 0 atom stereocenters. The molecule has 0 radical (unpaired) electrons. The summed E-state index contributed by atoms with van der Waals surface area (Å²) in [5, 5.41) is 0. The standard InChI is InChI=1S/CCl3F.CHClF2/c2-1(3,4)5;2-1(3)4/h;1H. The second-order valence-electron chi connectivity index (χ2n) is 0.676. The first kappa shape index (κ1) is 12.6. The van der Waals surface area contributed by atoms with Crippen LogP contribution in [-0.4, -0.2) is 9.93 Å². The summed E-state index contributed by atoms with van der Waals surface area (Å²) in [5.41, 5.74) is 0. The molecule has 0 aromatic carbocycles. The topological polar surface area (TPSA) is 0 Å². The van der Waals surface area contributed by atoms with Crippen LogP contribution in [0, 0.1) is 0 Å². The number of hydrogen-bond donors (Lipinski definition) is 0. The van der Waals surface area contributed by atoms with E-state index in [2.05, 4.69) is 46.4 Å². The molecule has 0 rings (SSSR count). The van der Waals surface area contributed by atoms with E-state index >= 15 is 0 Å². The van der Waals surface area contributed by atoms with Crippen LogP contribution in [0.1, 0.15) is 0 Å². The third-order valence-corrected chi connectivity index (χ3v) is 0. The van der Waals surface area contributed by atoms with Gasteiger partial charge in [0.2, 0.25) is 0 Å². The summed E-state index contributed by atoms with van der Waals surface area (Å²) in [6, 6.07) is 0. The Morgan fingerprint density at radius 3 is 1.11 bits per heavy atom. The number of hydrogen-bond acceptors (Lipinski definition) is 0. The second-order valence-corrected chi connectivity index (χ2v) is 3.15. The Hall–Kier alpha value is 0.950.